The molecule has 0 aliphatic rings. The Hall–Kier alpha value is -1.10. The van der Waals surface area contributed by atoms with Gasteiger partial charge in [-0.15, -0.1) is 0 Å². The summed E-state index contributed by atoms with van der Waals surface area (Å²) in [6.07, 6.45) is 0.559. The molecule has 1 rings (SSSR count). The minimum absolute atomic E-state index is 0.326. The SMILES string of the molecule is CCC(NCCOC)(C(=O)OC)c1cccc(Cl)c1. The number of nitrogens with one attached hydrogen (secondary N) is 1. The van der Waals surface area contributed by atoms with Crippen molar-refractivity contribution in [3.05, 3.63) is 34.9 Å². The lowest BCUT2D eigenvalue weighted by Gasteiger charge is -2.31. The van der Waals surface area contributed by atoms with Gasteiger partial charge in [0.05, 0.1) is 13.7 Å². The Morgan fingerprint density at radius 2 is 2.16 bits per heavy atom. The molecule has 0 saturated carbocycles. The summed E-state index contributed by atoms with van der Waals surface area (Å²) in [5, 5.41) is 3.81. The number of benzene rings is 1. The van der Waals surface area contributed by atoms with Crippen LogP contribution in [0.4, 0.5) is 0 Å². The molecule has 0 fully saturated rings. The molecular formula is C14H20ClNO3. The summed E-state index contributed by atoms with van der Waals surface area (Å²) in [5.74, 6) is -0.326. The highest BCUT2D eigenvalue weighted by molar-refractivity contribution is 6.30. The highest BCUT2D eigenvalue weighted by Crippen LogP contribution is 2.28. The van der Waals surface area contributed by atoms with E-state index in [0.717, 1.165) is 5.56 Å². The minimum Gasteiger partial charge on any atom is -0.467 e. The molecule has 1 N–H and O–H groups in total. The largest absolute Gasteiger partial charge is 0.467 e. The molecule has 0 amide bonds. The first-order valence-electron chi connectivity index (χ1n) is 6.19. The van der Waals surface area contributed by atoms with Crippen LogP contribution >= 0.6 is 11.6 Å². The van der Waals surface area contributed by atoms with E-state index < -0.39 is 5.54 Å². The number of esters is 1. The Morgan fingerprint density at radius 1 is 1.42 bits per heavy atom. The number of carbonyl (C=O) groups is 1. The maximum absolute atomic E-state index is 12.2. The van der Waals surface area contributed by atoms with E-state index in [9.17, 15) is 4.79 Å². The summed E-state index contributed by atoms with van der Waals surface area (Å²) in [6.45, 7) is 2.99. The standard InChI is InChI=1S/C14H20ClNO3/c1-4-14(13(17)19-3,16-8-9-18-2)11-6-5-7-12(15)10-11/h5-7,10,16H,4,8-9H2,1-3H3. The quantitative estimate of drug-likeness (QED) is 0.617. The monoisotopic (exact) mass is 285 g/mol. The van der Waals surface area contributed by atoms with Crippen LogP contribution in [0, 0.1) is 0 Å². The van der Waals surface area contributed by atoms with E-state index in [1.54, 1.807) is 19.2 Å². The summed E-state index contributed by atoms with van der Waals surface area (Å²) < 4.78 is 9.96. The summed E-state index contributed by atoms with van der Waals surface area (Å²) in [7, 11) is 3.00. The molecule has 0 aliphatic heterocycles. The first kappa shape index (κ1) is 16.0. The van der Waals surface area contributed by atoms with Crippen molar-refractivity contribution in [3.8, 4) is 0 Å². The van der Waals surface area contributed by atoms with E-state index in [2.05, 4.69) is 5.32 Å². The number of carbonyl (C=O) groups excluding carboxylic acids is 1. The molecule has 106 valence electrons. The van der Waals surface area contributed by atoms with Crippen LogP contribution in [-0.4, -0.2) is 33.3 Å². The van der Waals surface area contributed by atoms with Gasteiger partial charge in [-0.25, -0.2) is 4.79 Å². The lowest BCUT2D eigenvalue weighted by Crippen LogP contribution is -2.50. The smallest absolute Gasteiger partial charge is 0.330 e. The predicted octanol–water partition coefficient (Wildman–Crippen LogP) is 2.35. The number of methoxy groups -OCH3 is 2. The number of hydrogen-bond donors (Lipinski definition) is 1. The molecule has 4 nitrogen and oxygen atoms in total. The van der Waals surface area contributed by atoms with E-state index in [4.69, 9.17) is 21.1 Å². The summed E-state index contributed by atoms with van der Waals surface area (Å²) >= 11 is 6.01. The van der Waals surface area contributed by atoms with Crippen LogP contribution in [0.2, 0.25) is 5.02 Å². The second-order valence-corrected chi connectivity index (χ2v) is 4.62. The van der Waals surface area contributed by atoms with Crippen LogP contribution < -0.4 is 5.32 Å². The zero-order valence-corrected chi connectivity index (χ0v) is 12.3. The average Bonchev–Trinajstić information content (AvgIpc) is 2.43. The van der Waals surface area contributed by atoms with E-state index in [-0.39, 0.29) is 5.97 Å². The van der Waals surface area contributed by atoms with Crippen molar-refractivity contribution >= 4 is 17.6 Å². The van der Waals surface area contributed by atoms with Gasteiger partial charge in [0.15, 0.2) is 0 Å². The molecule has 0 spiro atoms. The maximum atomic E-state index is 12.2. The Kier molecular flexibility index (Phi) is 6.28. The second-order valence-electron chi connectivity index (χ2n) is 4.18. The number of halogens is 1. The lowest BCUT2D eigenvalue weighted by atomic mass is 9.87. The molecule has 0 saturated heterocycles. The third-order valence-electron chi connectivity index (χ3n) is 3.11. The Balaban J connectivity index is 3.12. The first-order chi connectivity index (χ1) is 9.10. The molecule has 1 unspecified atom stereocenters. The lowest BCUT2D eigenvalue weighted by molar-refractivity contribution is -0.149. The molecule has 1 aromatic carbocycles. The van der Waals surface area contributed by atoms with Gasteiger partial charge in [0.25, 0.3) is 0 Å². The third-order valence-corrected chi connectivity index (χ3v) is 3.35. The van der Waals surface area contributed by atoms with Crippen molar-refractivity contribution in [3.63, 3.8) is 0 Å². The fraction of sp³-hybridized carbons (Fsp3) is 0.500. The van der Waals surface area contributed by atoms with E-state index in [1.807, 2.05) is 19.1 Å². The fourth-order valence-corrected chi connectivity index (χ4v) is 2.25. The molecular weight excluding hydrogens is 266 g/mol. The molecule has 1 aromatic rings. The summed E-state index contributed by atoms with van der Waals surface area (Å²) in [4.78, 5) is 12.2. The topological polar surface area (TPSA) is 47.6 Å². The van der Waals surface area contributed by atoms with Crippen molar-refractivity contribution in [2.45, 2.75) is 18.9 Å². The van der Waals surface area contributed by atoms with E-state index >= 15 is 0 Å². The molecule has 19 heavy (non-hydrogen) atoms. The van der Waals surface area contributed by atoms with Gasteiger partial charge in [-0.2, -0.15) is 0 Å². The van der Waals surface area contributed by atoms with Gasteiger partial charge in [-0.3, -0.25) is 5.32 Å². The van der Waals surface area contributed by atoms with Crippen molar-refractivity contribution < 1.29 is 14.3 Å². The average molecular weight is 286 g/mol. The normalized spacial score (nSPS) is 13.9. The molecule has 0 bridgehead atoms. The van der Waals surface area contributed by atoms with Gasteiger partial charge in [0.1, 0.15) is 5.54 Å². The van der Waals surface area contributed by atoms with Crippen LogP contribution in [0.5, 0.6) is 0 Å². The van der Waals surface area contributed by atoms with Crippen molar-refractivity contribution in [1.82, 2.24) is 5.32 Å². The van der Waals surface area contributed by atoms with Crippen molar-refractivity contribution in [2.75, 3.05) is 27.4 Å². The van der Waals surface area contributed by atoms with Crippen LogP contribution in [-0.2, 0) is 19.8 Å². The number of rotatable bonds is 7. The van der Waals surface area contributed by atoms with Gasteiger partial charge in [0.2, 0.25) is 0 Å². The molecule has 1 atom stereocenters. The Labute approximate surface area is 119 Å². The zero-order valence-electron chi connectivity index (χ0n) is 11.5. The number of hydrogen-bond acceptors (Lipinski definition) is 4. The maximum Gasteiger partial charge on any atom is 0.330 e. The van der Waals surface area contributed by atoms with Gasteiger partial charge in [0, 0.05) is 18.7 Å². The van der Waals surface area contributed by atoms with Gasteiger partial charge in [-0.05, 0) is 24.1 Å². The number of ether oxygens (including phenoxy) is 2. The molecule has 0 heterocycles. The minimum atomic E-state index is -0.891. The molecule has 0 aromatic heterocycles. The van der Waals surface area contributed by atoms with Crippen LogP contribution in [0.1, 0.15) is 18.9 Å². The first-order valence-corrected chi connectivity index (χ1v) is 6.57. The Bertz CT molecular complexity index is 425. The van der Waals surface area contributed by atoms with Crippen LogP contribution in [0.3, 0.4) is 0 Å². The van der Waals surface area contributed by atoms with E-state index in [0.29, 0.717) is 24.6 Å². The highest BCUT2D eigenvalue weighted by Gasteiger charge is 2.39. The van der Waals surface area contributed by atoms with Crippen LogP contribution in [0.25, 0.3) is 0 Å². The van der Waals surface area contributed by atoms with Gasteiger partial charge in [-0.1, -0.05) is 30.7 Å². The highest BCUT2D eigenvalue weighted by atomic mass is 35.5. The second kappa shape index (κ2) is 7.48. The molecule has 0 radical (unpaired) electrons. The van der Waals surface area contributed by atoms with Crippen LogP contribution in [0.15, 0.2) is 24.3 Å². The predicted molar refractivity (Wildman–Crippen MR) is 75.3 cm³/mol. The zero-order chi connectivity index (χ0) is 14.3. The summed E-state index contributed by atoms with van der Waals surface area (Å²) in [6, 6.07) is 7.24. The fourth-order valence-electron chi connectivity index (χ4n) is 2.06. The van der Waals surface area contributed by atoms with Gasteiger partial charge >= 0.3 is 5.97 Å². The Morgan fingerprint density at radius 3 is 2.68 bits per heavy atom. The van der Waals surface area contributed by atoms with E-state index in [1.165, 1.54) is 7.11 Å². The summed E-state index contributed by atoms with van der Waals surface area (Å²) in [5.41, 5.74) is -0.0940. The van der Waals surface area contributed by atoms with Crippen molar-refractivity contribution in [2.24, 2.45) is 0 Å². The molecule has 5 heteroatoms. The molecule has 0 aliphatic carbocycles. The van der Waals surface area contributed by atoms with Crippen molar-refractivity contribution in [1.29, 1.82) is 0 Å². The van der Waals surface area contributed by atoms with Gasteiger partial charge < -0.3 is 9.47 Å². The third kappa shape index (κ3) is 3.69.